The van der Waals surface area contributed by atoms with Gasteiger partial charge in [0.1, 0.15) is 0 Å². The molecule has 68 valence electrons. The summed E-state index contributed by atoms with van der Waals surface area (Å²) < 4.78 is 1.23. The third-order valence-corrected chi connectivity index (χ3v) is 3.84. The summed E-state index contributed by atoms with van der Waals surface area (Å²) in [6.07, 6.45) is 0. The van der Waals surface area contributed by atoms with Crippen molar-refractivity contribution in [2.75, 3.05) is 18.9 Å². The molecule has 1 heterocycles. The Balaban J connectivity index is 2.46. The van der Waals surface area contributed by atoms with Crippen LogP contribution in [0.5, 0.6) is 0 Å². The molecule has 12 heavy (non-hydrogen) atoms. The van der Waals surface area contributed by atoms with Crippen LogP contribution in [0.25, 0.3) is 0 Å². The molecule has 0 radical (unpaired) electrons. The molecule has 0 spiro atoms. The number of hydrogen-bond acceptors (Lipinski definition) is 2. The van der Waals surface area contributed by atoms with Crippen LogP contribution in [-0.2, 0) is 6.54 Å². The normalized spacial score (nSPS) is 11.0. The molecule has 0 atom stereocenters. The maximum absolute atomic E-state index is 3.52. The van der Waals surface area contributed by atoms with Gasteiger partial charge < -0.3 is 4.90 Å². The highest BCUT2D eigenvalue weighted by Gasteiger charge is 2.03. The Labute approximate surface area is 94.0 Å². The highest BCUT2D eigenvalue weighted by molar-refractivity contribution is 9.10. The number of halogens is 2. The molecule has 0 fully saturated rings. The van der Waals surface area contributed by atoms with E-state index in [0.29, 0.717) is 0 Å². The SMILES string of the molecule is CN(CCBr)Cc1sccc1Br. The predicted octanol–water partition coefficient (Wildman–Crippen LogP) is 3.34. The zero-order chi connectivity index (χ0) is 8.97. The lowest BCUT2D eigenvalue weighted by atomic mass is 10.4. The largest absolute Gasteiger partial charge is 0.300 e. The van der Waals surface area contributed by atoms with Crippen LogP contribution >= 0.6 is 43.2 Å². The molecule has 0 aliphatic carbocycles. The quantitative estimate of drug-likeness (QED) is 0.771. The van der Waals surface area contributed by atoms with Gasteiger partial charge in [0.05, 0.1) is 0 Å². The molecule has 1 aromatic heterocycles. The fourth-order valence-corrected chi connectivity index (χ4v) is 3.07. The molecule has 0 aliphatic rings. The van der Waals surface area contributed by atoms with E-state index in [1.807, 2.05) is 0 Å². The van der Waals surface area contributed by atoms with E-state index in [4.69, 9.17) is 0 Å². The minimum Gasteiger partial charge on any atom is -0.300 e. The number of alkyl halides is 1. The Kier molecular flexibility index (Phi) is 4.79. The zero-order valence-corrected chi connectivity index (χ0v) is 10.9. The van der Waals surface area contributed by atoms with Crippen LogP contribution in [0.1, 0.15) is 4.88 Å². The first-order chi connectivity index (χ1) is 5.74. The molecule has 1 aromatic rings. The van der Waals surface area contributed by atoms with Crippen LogP contribution in [-0.4, -0.2) is 23.8 Å². The van der Waals surface area contributed by atoms with Crippen molar-refractivity contribution >= 4 is 43.2 Å². The number of rotatable bonds is 4. The Bertz CT molecular complexity index is 237. The summed E-state index contributed by atoms with van der Waals surface area (Å²) in [6, 6.07) is 2.10. The van der Waals surface area contributed by atoms with Gasteiger partial charge in [0, 0.05) is 27.8 Å². The van der Waals surface area contributed by atoms with Crippen molar-refractivity contribution in [2.45, 2.75) is 6.54 Å². The first-order valence-corrected chi connectivity index (χ1v) is 6.50. The molecule has 1 nitrogen and oxygen atoms in total. The molecule has 0 aliphatic heterocycles. The van der Waals surface area contributed by atoms with Gasteiger partial charge in [0.25, 0.3) is 0 Å². The molecule has 0 bridgehead atoms. The lowest BCUT2D eigenvalue weighted by Crippen LogP contribution is -2.19. The van der Waals surface area contributed by atoms with Gasteiger partial charge in [-0.05, 0) is 34.4 Å². The van der Waals surface area contributed by atoms with Crippen LogP contribution in [0.4, 0.5) is 0 Å². The number of hydrogen-bond donors (Lipinski definition) is 0. The molecule has 1 rings (SSSR count). The maximum Gasteiger partial charge on any atom is 0.0336 e. The summed E-state index contributed by atoms with van der Waals surface area (Å²) in [5.41, 5.74) is 0. The summed E-state index contributed by atoms with van der Waals surface area (Å²) in [7, 11) is 2.13. The van der Waals surface area contributed by atoms with Gasteiger partial charge in [0.15, 0.2) is 0 Å². The smallest absolute Gasteiger partial charge is 0.0336 e. The average molecular weight is 313 g/mol. The Morgan fingerprint density at radius 1 is 1.58 bits per heavy atom. The summed E-state index contributed by atoms with van der Waals surface area (Å²) in [5, 5.41) is 3.15. The van der Waals surface area contributed by atoms with Crippen LogP contribution in [0.2, 0.25) is 0 Å². The molecular weight excluding hydrogens is 302 g/mol. The summed E-state index contributed by atoms with van der Waals surface area (Å²) >= 11 is 8.74. The van der Waals surface area contributed by atoms with Gasteiger partial charge in [0.2, 0.25) is 0 Å². The van der Waals surface area contributed by atoms with E-state index in [2.05, 4.69) is 55.3 Å². The van der Waals surface area contributed by atoms with Crippen LogP contribution < -0.4 is 0 Å². The van der Waals surface area contributed by atoms with E-state index in [9.17, 15) is 0 Å². The highest BCUT2D eigenvalue weighted by atomic mass is 79.9. The first kappa shape index (κ1) is 10.7. The molecule has 0 amide bonds. The van der Waals surface area contributed by atoms with E-state index >= 15 is 0 Å². The molecule has 0 saturated carbocycles. The summed E-state index contributed by atoms with van der Waals surface area (Å²) in [6.45, 7) is 2.12. The van der Waals surface area contributed by atoms with Gasteiger partial charge >= 0.3 is 0 Å². The Morgan fingerprint density at radius 3 is 2.83 bits per heavy atom. The fraction of sp³-hybridized carbons (Fsp3) is 0.500. The van der Waals surface area contributed by atoms with Gasteiger partial charge in [-0.1, -0.05) is 15.9 Å². The number of thiophene rings is 1. The molecular formula is C8H11Br2NS. The van der Waals surface area contributed by atoms with Crippen molar-refractivity contribution < 1.29 is 0 Å². The van der Waals surface area contributed by atoms with Crippen molar-refractivity contribution in [3.8, 4) is 0 Å². The molecule has 0 N–H and O–H groups in total. The standard InChI is InChI=1S/C8H11Br2NS/c1-11(4-3-9)6-8-7(10)2-5-12-8/h2,5H,3-4,6H2,1H3. The second-order valence-electron chi connectivity index (χ2n) is 2.62. The fourth-order valence-electron chi connectivity index (χ4n) is 0.906. The Morgan fingerprint density at radius 2 is 2.33 bits per heavy atom. The zero-order valence-electron chi connectivity index (χ0n) is 6.89. The van der Waals surface area contributed by atoms with Crippen molar-refractivity contribution in [1.82, 2.24) is 4.90 Å². The highest BCUT2D eigenvalue weighted by Crippen LogP contribution is 2.23. The molecule has 0 unspecified atom stereocenters. The minimum atomic E-state index is 1.03. The van der Waals surface area contributed by atoms with Crippen molar-refractivity contribution in [1.29, 1.82) is 0 Å². The van der Waals surface area contributed by atoms with Gasteiger partial charge in [-0.25, -0.2) is 0 Å². The van der Waals surface area contributed by atoms with Crippen LogP contribution in [0.3, 0.4) is 0 Å². The monoisotopic (exact) mass is 311 g/mol. The average Bonchev–Trinajstić information content (AvgIpc) is 2.37. The first-order valence-electron chi connectivity index (χ1n) is 3.70. The van der Waals surface area contributed by atoms with Crippen LogP contribution in [0.15, 0.2) is 15.9 Å². The van der Waals surface area contributed by atoms with E-state index < -0.39 is 0 Å². The molecule has 0 saturated heterocycles. The molecule has 4 heteroatoms. The van der Waals surface area contributed by atoms with Crippen molar-refractivity contribution in [3.63, 3.8) is 0 Å². The van der Waals surface area contributed by atoms with Gasteiger partial charge in [-0.15, -0.1) is 11.3 Å². The topological polar surface area (TPSA) is 3.24 Å². The van der Waals surface area contributed by atoms with E-state index in [-0.39, 0.29) is 0 Å². The van der Waals surface area contributed by atoms with Crippen LogP contribution in [0, 0.1) is 0 Å². The third kappa shape index (κ3) is 3.17. The number of nitrogens with zero attached hydrogens (tertiary/aromatic N) is 1. The van der Waals surface area contributed by atoms with E-state index in [1.54, 1.807) is 11.3 Å². The minimum absolute atomic E-state index is 1.03. The van der Waals surface area contributed by atoms with Crippen molar-refractivity contribution in [2.24, 2.45) is 0 Å². The lowest BCUT2D eigenvalue weighted by Gasteiger charge is -2.13. The Hall–Kier alpha value is 0.620. The molecule has 0 aromatic carbocycles. The second-order valence-corrected chi connectivity index (χ2v) is 5.27. The van der Waals surface area contributed by atoms with Gasteiger partial charge in [-0.3, -0.25) is 0 Å². The summed E-state index contributed by atoms with van der Waals surface area (Å²) in [4.78, 5) is 3.70. The lowest BCUT2D eigenvalue weighted by molar-refractivity contribution is 0.352. The predicted molar refractivity (Wildman–Crippen MR) is 62.1 cm³/mol. The maximum atomic E-state index is 3.52. The second kappa shape index (κ2) is 5.37. The summed E-state index contributed by atoms with van der Waals surface area (Å²) in [5.74, 6) is 0. The third-order valence-electron chi connectivity index (χ3n) is 1.57. The van der Waals surface area contributed by atoms with Crippen molar-refractivity contribution in [3.05, 3.63) is 20.8 Å². The van der Waals surface area contributed by atoms with E-state index in [0.717, 1.165) is 18.4 Å². The van der Waals surface area contributed by atoms with E-state index in [1.165, 1.54) is 9.35 Å². The van der Waals surface area contributed by atoms with Gasteiger partial charge in [-0.2, -0.15) is 0 Å².